The highest BCUT2D eigenvalue weighted by molar-refractivity contribution is 14.0. The molecule has 25 heavy (non-hydrogen) atoms. The van der Waals surface area contributed by atoms with E-state index in [1.807, 2.05) is 18.2 Å². The molecular weight excluding hydrogens is 435 g/mol. The lowest BCUT2D eigenvalue weighted by molar-refractivity contribution is 0.0824. The number of nitrogens with two attached hydrogens (primary N) is 1. The van der Waals surface area contributed by atoms with E-state index in [2.05, 4.69) is 15.2 Å². The number of methoxy groups -OCH3 is 2. The van der Waals surface area contributed by atoms with Crippen LogP contribution in [0.2, 0.25) is 0 Å². The molecule has 1 aliphatic heterocycles. The van der Waals surface area contributed by atoms with Gasteiger partial charge in [-0.05, 0) is 37.9 Å². The zero-order chi connectivity index (χ0) is 17.4. The van der Waals surface area contributed by atoms with Gasteiger partial charge in [-0.1, -0.05) is 0 Å². The molecule has 0 unspecified atom stereocenters. The number of aliphatic hydroxyl groups is 1. The van der Waals surface area contributed by atoms with Gasteiger partial charge in [-0.2, -0.15) is 0 Å². The summed E-state index contributed by atoms with van der Waals surface area (Å²) in [7, 11) is 3.22. The standard InChI is InChI=1S/C17H28N4O3.HI/c1-23-14-4-5-16(24-2)15(12-14)20-17(18)19-8-3-9-21-10-6-13(22)7-11-21;/h4-5,12-13,22H,3,6-11H2,1-2H3,(H3,18,19,20);1H. The van der Waals surface area contributed by atoms with E-state index in [4.69, 9.17) is 15.2 Å². The number of halogens is 1. The Bertz CT molecular complexity index is 549. The fourth-order valence-corrected chi connectivity index (χ4v) is 2.73. The van der Waals surface area contributed by atoms with Crippen LogP contribution in [0.3, 0.4) is 0 Å². The maximum absolute atomic E-state index is 9.50. The highest BCUT2D eigenvalue weighted by Crippen LogP contribution is 2.28. The van der Waals surface area contributed by atoms with Crippen molar-refractivity contribution >= 4 is 35.6 Å². The first kappa shape index (κ1) is 21.8. The van der Waals surface area contributed by atoms with Crippen molar-refractivity contribution in [1.29, 1.82) is 0 Å². The number of anilines is 1. The minimum atomic E-state index is -0.128. The fraction of sp³-hybridized carbons (Fsp3) is 0.588. The molecule has 1 fully saturated rings. The van der Waals surface area contributed by atoms with Crippen LogP contribution in [-0.2, 0) is 0 Å². The third-order valence-electron chi connectivity index (χ3n) is 4.14. The van der Waals surface area contributed by atoms with Crippen LogP contribution >= 0.6 is 24.0 Å². The third kappa shape index (κ3) is 7.25. The molecule has 0 spiro atoms. The van der Waals surface area contributed by atoms with Crippen LogP contribution in [0, 0.1) is 0 Å². The van der Waals surface area contributed by atoms with Gasteiger partial charge in [0.2, 0.25) is 0 Å². The van der Waals surface area contributed by atoms with Gasteiger partial charge < -0.3 is 30.5 Å². The molecule has 0 aromatic heterocycles. The first-order chi connectivity index (χ1) is 11.6. The predicted octanol–water partition coefficient (Wildman–Crippen LogP) is 1.90. The zero-order valence-corrected chi connectivity index (χ0v) is 17.2. The van der Waals surface area contributed by atoms with Gasteiger partial charge in [-0.3, -0.25) is 4.99 Å². The molecule has 1 aliphatic rings. The van der Waals surface area contributed by atoms with Crippen LogP contribution in [-0.4, -0.2) is 62.5 Å². The van der Waals surface area contributed by atoms with E-state index in [0.29, 0.717) is 18.3 Å². The lowest BCUT2D eigenvalue weighted by atomic mass is 10.1. The van der Waals surface area contributed by atoms with E-state index >= 15 is 0 Å². The van der Waals surface area contributed by atoms with E-state index in [0.717, 1.165) is 50.3 Å². The summed E-state index contributed by atoms with van der Waals surface area (Å²) in [5, 5.41) is 12.6. The highest BCUT2D eigenvalue weighted by atomic mass is 127. The van der Waals surface area contributed by atoms with Gasteiger partial charge in [-0.15, -0.1) is 24.0 Å². The number of aliphatic imine (C=N–C) groups is 1. The second-order valence-corrected chi connectivity index (χ2v) is 5.88. The number of rotatable bonds is 7. The van der Waals surface area contributed by atoms with Gasteiger partial charge in [-0.25, -0.2) is 0 Å². The number of benzene rings is 1. The van der Waals surface area contributed by atoms with Crippen LogP contribution in [0.4, 0.5) is 5.69 Å². The Kier molecular flexibility index (Phi) is 9.91. The number of likely N-dealkylation sites (tertiary alicyclic amines) is 1. The van der Waals surface area contributed by atoms with Crippen molar-refractivity contribution in [3.8, 4) is 11.5 Å². The van der Waals surface area contributed by atoms with Crippen molar-refractivity contribution < 1.29 is 14.6 Å². The third-order valence-corrected chi connectivity index (χ3v) is 4.14. The molecule has 0 aliphatic carbocycles. The minimum absolute atomic E-state index is 0. The zero-order valence-electron chi connectivity index (χ0n) is 14.9. The van der Waals surface area contributed by atoms with Crippen LogP contribution in [0.15, 0.2) is 23.2 Å². The summed E-state index contributed by atoms with van der Waals surface area (Å²) < 4.78 is 10.5. The summed E-state index contributed by atoms with van der Waals surface area (Å²) in [6.45, 7) is 3.55. The predicted molar refractivity (Wildman–Crippen MR) is 111 cm³/mol. The van der Waals surface area contributed by atoms with Crippen molar-refractivity contribution in [2.24, 2.45) is 10.7 Å². The van der Waals surface area contributed by atoms with Crippen molar-refractivity contribution in [3.05, 3.63) is 18.2 Å². The number of guanidine groups is 1. The summed E-state index contributed by atoms with van der Waals surface area (Å²) >= 11 is 0. The summed E-state index contributed by atoms with van der Waals surface area (Å²) in [4.78, 5) is 6.72. The van der Waals surface area contributed by atoms with Gasteiger partial charge in [0, 0.05) is 25.7 Å². The maximum Gasteiger partial charge on any atom is 0.193 e. The Morgan fingerprint density at radius 3 is 2.68 bits per heavy atom. The largest absolute Gasteiger partial charge is 0.497 e. The number of nitrogens with zero attached hydrogens (tertiary/aromatic N) is 2. The molecule has 0 saturated carbocycles. The summed E-state index contributed by atoms with van der Waals surface area (Å²) in [6.07, 6.45) is 2.54. The van der Waals surface area contributed by atoms with Gasteiger partial charge >= 0.3 is 0 Å². The molecule has 0 radical (unpaired) electrons. The maximum atomic E-state index is 9.50. The van der Waals surface area contributed by atoms with Gasteiger partial charge in [0.15, 0.2) is 5.96 Å². The highest BCUT2D eigenvalue weighted by Gasteiger charge is 2.15. The van der Waals surface area contributed by atoms with Gasteiger partial charge in [0.25, 0.3) is 0 Å². The Hall–Kier alpha value is -1.26. The Balaban J connectivity index is 0.00000312. The van der Waals surface area contributed by atoms with E-state index in [1.54, 1.807) is 14.2 Å². The average molecular weight is 464 g/mol. The molecule has 4 N–H and O–H groups in total. The first-order valence-electron chi connectivity index (χ1n) is 8.31. The number of hydrogen-bond acceptors (Lipinski definition) is 5. The van der Waals surface area contributed by atoms with E-state index < -0.39 is 0 Å². The van der Waals surface area contributed by atoms with Crippen LogP contribution in [0.1, 0.15) is 19.3 Å². The summed E-state index contributed by atoms with van der Waals surface area (Å²) in [5.74, 6) is 1.76. The van der Waals surface area contributed by atoms with Crippen molar-refractivity contribution in [1.82, 2.24) is 4.90 Å². The topological polar surface area (TPSA) is 92.3 Å². The molecule has 2 rings (SSSR count). The molecule has 1 aromatic rings. The first-order valence-corrected chi connectivity index (χ1v) is 8.31. The quantitative estimate of drug-likeness (QED) is 0.247. The lowest BCUT2D eigenvalue weighted by Crippen LogP contribution is -2.36. The fourth-order valence-electron chi connectivity index (χ4n) is 2.73. The second kappa shape index (κ2) is 11.4. The molecule has 7 nitrogen and oxygen atoms in total. The minimum Gasteiger partial charge on any atom is -0.497 e. The molecule has 0 bridgehead atoms. The van der Waals surface area contributed by atoms with Crippen molar-refractivity contribution in [2.45, 2.75) is 25.4 Å². The van der Waals surface area contributed by atoms with Gasteiger partial charge in [0.05, 0.1) is 26.0 Å². The molecule has 0 amide bonds. The van der Waals surface area contributed by atoms with Crippen LogP contribution in [0.25, 0.3) is 0 Å². The lowest BCUT2D eigenvalue weighted by Gasteiger charge is -2.29. The normalized spacial score (nSPS) is 16.2. The number of hydrogen-bond donors (Lipinski definition) is 3. The second-order valence-electron chi connectivity index (χ2n) is 5.88. The molecule has 8 heteroatoms. The van der Waals surface area contributed by atoms with Gasteiger partial charge in [0.1, 0.15) is 11.5 Å². The van der Waals surface area contributed by atoms with E-state index in [-0.39, 0.29) is 30.1 Å². The number of aliphatic hydroxyl groups excluding tert-OH is 1. The van der Waals surface area contributed by atoms with E-state index in [9.17, 15) is 5.11 Å². The molecule has 1 heterocycles. The SMILES string of the molecule is COc1ccc(OC)c(NC(N)=NCCCN2CCC(O)CC2)c1.I. The molecular formula is C17H29IN4O3. The van der Waals surface area contributed by atoms with Crippen molar-refractivity contribution in [2.75, 3.05) is 45.7 Å². The number of ether oxygens (including phenoxy) is 2. The smallest absolute Gasteiger partial charge is 0.193 e. The summed E-state index contributed by atoms with van der Waals surface area (Å²) in [5.41, 5.74) is 6.68. The Morgan fingerprint density at radius 2 is 2.04 bits per heavy atom. The van der Waals surface area contributed by atoms with Crippen molar-refractivity contribution in [3.63, 3.8) is 0 Å². The molecule has 0 atom stereocenters. The number of nitrogens with one attached hydrogen (secondary N) is 1. The Morgan fingerprint density at radius 1 is 1.32 bits per heavy atom. The van der Waals surface area contributed by atoms with Crippen LogP contribution in [0.5, 0.6) is 11.5 Å². The monoisotopic (exact) mass is 464 g/mol. The summed E-state index contributed by atoms with van der Waals surface area (Å²) in [6, 6.07) is 5.46. The average Bonchev–Trinajstić information content (AvgIpc) is 2.60. The Labute approximate surface area is 166 Å². The molecule has 1 saturated heterocycles. The number of piperidine rings is 1. The molecule has 1 aromatic carbocycles. The van der Waals surface area contributed by atoms with Crippen LogP contribution < -0.4 is 20.5 Å². The van der Waals surface area contributed by atoms with E-state index in [1.165, 1.54) is 0 Å². The molecule has 142 valence electrons.